The first-order valence-electron chi connectivity index (χ1n) is 7.25. The maximum atomic E-state index is 5.99. The molecule has 0 bridgehead atoms. The third kappa shape index (κ3) is 3.26. The predicted octanol–water partition coefficient (Wildman–Crippen LogP) is 3.93. The van der Waals surface area contributed by atoms with Crippen molar-refractivity contribution in [3.63, 3.8) is 0 Å². The standard InChI is InChI=1S/C18H20O3/c1-13-10-16(18-19-8-9-20-18)11-14(2)17(13)21-12-15-6-4-3-5-7-15/h3-7,10-11,18H,8-9,12H2,1-2H3. The second kappa shape index (κ2) is 6.29. The van der Waals surface area contributed by atoms with E-state index in [1.807, 2.05) is 18.2 Å². The number of hydrogen-bond donors (Lipinski definition) is 0. The number of benzene rings is 2. The minimum atomic E-state index is -0.231. The Morgan fingerprint density at radius 1 is 1.00 bits per heavy atom. The quantitative estimate of drug-likeness (QED) is 0.851. The van der Waals surface area contributed by atoms with E-state index in [1.165, 1.54) is 5.56 Å². The highest BCUT2D eigenvalue weighted by Crippen LogP contribution is 2.31. The van der Waals surface area contributed by atoms with Gasteiger partial charge < -0.3 is 14.2 Å². The zero-order chi connectivity index (χ0) is 14.7. The van der Waals surface area contributed by atoms with Crippen LogP contribution in [0.25, 0.3) is 0 Å². The second-order valence-corrected chi connectivity index (χ2v) is 5.33. The van der Waals surface area contributed by atoms with Crippen molar-refractivity contribution >= 4 is 0 Å². The first-order valence-corrected chi connectivity index (χ1v) is 7.25. The van der Waals surface area contributed by atoms with E-state index in [0.29, 0.717) is 19.8 Å². The van der Waals surface area contributed by atoms with Gasteiger partial charge in [0.2, 0.25) is 0 Å². The molecule has 1 saturated heterocycles. The monoisotopic (exact) mass is 284 g/mol. The molecule has 3 heteroatoms. The van der Waals surface area contributed by atoms with Crippen molar-refractivity contribution in [2.24, 2.45) is 0 Å². The number of hydrogen-bond acceptors (Lipinski definition) is 3. The Bertz CT molecular complexity index is 578. The van der Waals surface area contributed by atoms with Crippen LogP contribution in [0.1, 0.15) is 28.5 Å². The van der Waals surface area contributed by atoms with E-state index in [1.54, 1.807) is 0 Å². The summed E-state index contributed by atoms with van der Waals surface area (Å²) in [6, 6.07) is 14.4. The van der Waals surface area contributed by atoms with Gasteiger partial charge >= 0.3 is 0 Å². The van der Waals surface area contributed by atoms with E-state index >= 15 is 0 Å². The summed E-state index contributed by atoms with van der Waals surface area (Å²) in [5, 5.41) is 0. The van der Waals surface area contributed by atoms with Gasteiger partial charge in [-0.15, -0.1) is 0 Å². The molecular weight excluding hydrogens is 264 g/mol. The Hall–Kier alpha value is -1.84. The highest BCUT2D eigenvalue weighted by Gasteiger charge is 2.20. The van der Waals surface area contributed by atoms with Crippen LogP contribution in [-0.2, 0) is 16.1 Å². The molecule has 1 aliphatic rings. The summed E-state index contributed by atoms with van der Waals surface area (Å²) in [5.41, 5.74) is 4.46. The lowest BCUT2D eigenvalue weighted by atomic mass is 10.1. The normalized spacial score (nSPS) is 15.3. The highest BCUT2D eigenvalue weighted by molar-refractivity contribution is 5.44. The van der Waals surface area contributed by atoms with Crippen molar-refractivity contribution in [2.75, 3.05) is 13.2 Å². The Kier molecular flexibility index (Phi) is 4.23. The Morgan fingerprint density at radius 3 is 2.24 bits per heavy atom. The highest BCUT2D eigenvalue weighted by atomic mass is 16.7. The molecule has 0 amide bonds. The summed E-state index contributed by atoms with van der Waals surface area (Å²) in [6.45, 7) is 6.03. The molecule has 1 aliphatic heterocycles. The van der Waals surface area contributed by atoms with Crippen molar-refractivity contribution < 1.29 is 14.2 Å². The van der Waals surface area contributed by atoms with Crippen molar-refractivity contribution in [3.05, 3.63) is 64.7 Å². The number of rotatable bonds is 4. The molecule has 21 heavy (non-hydrogen) atoms. The molecule has 110 valence electrons. The summed E-state index contributed by atoms with van der Waals surface area (Å²) in [5.74, 6) is 0.945. The van der Waals surface area contributed by atoms with E-state index in [-0.39, 0.29) is 6.29 Å². The average Bonchev–Trinajstić information content (AvgIpc) is 3.01. The van der Waals surface area contributed by atoms with Crippen LogP contribution >= 0.6 is 0 Å². The number of ether oxygens (including phenoxy) is 3. The Morgan fingerprint density at radius 2 is 1.62 bits per heavy atom. The van der Waals surface area contributed by atoms with Gasteiger partial charge in [-0.2, -0.15) is 0 Å². The number of aryl methyl sites for hydroxylation is 2. The molecule has 0 aliphatic carbocycles. The van der Waals surface area contributed by atoms with Crippen molar-refractivity contribution in [3.8, 4) is 5.75 Å². The molecule has 0 aromatic heterocycles. The Labute approximate surface area is 125 Å². The van der Waals surface area contributed by atoms with Crippen LogP contribution in [0.3, 0.4) is 0 Å². The van der Waals surface area contributed by atoms with Gasteiger partial charge in [0.05, 0.1) is 13.2 Å². The topological polar surface area (TPSA) is 27.7 Å². The van der Waals surface area contributed by atoms with Gasteiger partial charge in [0, 0.05) is 5.56 Å². The summed E-state index contributed by atoms with van der Waals surface area (Å²) in [4.78, 5) is 0. The lowest BCUT2D eigenvalue weighted by Gasteiger charge is -2.16. The van der Waals surface area contributed by atoms with Crippen LogP contribution in [0, 0.1) is 13.8 Å². The van der Waals surface area contributed by atoms with E-state index in [2.05, 4.69) is 38.1 Å². The third-order valence-electron chi connectivity index (χ3n) is 3.60. The molecule has 0 unspecified atom stereocenters. The predicted molar refractivity (Wildman–Crippen MR) is 81.3 cm³/mol. The maximum absolute atomic E-state index is 5.99. The zero-order valence-electron chi connectivity index (χ0n) is 12.5. The molecule has 2 aromatic carbocycles. The van der Waals surface area contributed by atoms with Crippen LogP contribution in [0.15, 0.2) is 42.5 Å². The molecule has 3 nitrogen and oxygen atoms in total. The molecule has 0 spiro atoms. The van der Waals surface area contributed by atoms with Gasteiger partial charge in [0.15, 0.2) is 6.29 Å². The van der Waals surface area contributed by atoms with Gasteiger partial charge in [-0.3, -0.25) is 0 Å². The molecule has 0 radical (unpaired) electrons. The van der Waals surface area contributed by atoms with Crippen LogP contribution < -0.4 is 4.74 Å². The summed E-state index contributed by atoms with van der Waals surface area (Å²) < 4.78 is 17.1. The molecule has 2 aromatic rings. The molecule has 1 heterocycles. The van der Waals surface area contributed by atoms with Crippen molar-refractivity contribution in [1.82, 2.24) is 0 Å². The molecule has 3 rings (SSSR count). The summed E-state index contributed by atoms with van der Waals surface area (Å²) in [6.07, 6.45) is -0.231. The van der Waals surface area contributed by atoms with Crippen molar-refractivity contribution in [1.29, 1.82) is 0 Å². The fourth-order valence-corrected chi connectivity index (χ4v) is 2.63. The van der Waals surface area contributed by atoms with Gasteiger partial charge in [0.1, 0.15) is 12.4 Å². The van der Waals surface area contributed by atoms with E-state index in [4.69, 9.17) is 14.2 Å². The lowest BCUT2D eigenvalue weighted by molar-refractivity contribution is -0.0442. The van der Waals surface area contributed by atoms with Gasteiger partial charge in [-0.05, 0) is 42.7 Å². The first-order chi connectivity index (χ1) is 10.2. The minimum absolute atomic E-state index is 0.231. The SMILES string of the molecule is Cc1cc(C2OCCO2)cc(C)c1OCc1ccccc1. The smallest absolute Gasteiger partial charge is 0.184 e. The van der Waals surface area contributed by atoms with Crippen molar-refractivity contribution in [2.45, 2.75) is 26.7 Å². The average molecular weight is 284 g/mol. The van der Waals surface area contributed by atoms with E-state index in [0.717, 1.165) is 22.4 Å². The van der Waals surface area contributed by atoms with E-state index in [9.17, 15) is 0 Å². The molecule has 0 atom stereocenters. The maximum Gasteiger partial charge on any atom is 0.184 e. The molecular formula is C18H20O3. The van der Waals surface area contributed by atoms with Crippen LogP contribution in [0.4, 0.5) is 0 Å². The van der Waals surface area contributed by atoms with Crippen LogP contribution in [-0.4, -0.2) is 13.2 Å². The first kappa shape index (κ1) is 14.1. The largest absolute Gasteiger partial charge is 0.488 e. The molecule has 0 saturated carbocycles. The van der Waals surface area contributed by atoms with Gasteiger partial charge in [-0.1, -0.05) is 30.3 Å². The fourth-order valence-electron chi connectivity index (χ4n) is 2.63. The van der Waals surface area contributed by atoms with Crippen LogP contribution in [0.5, 0.6) is 5.75 Å². The zero-order valence-corrected chi connectivity index (χ0v) is 12.5. The van der Waals surface area contributed by atoms with Crippen LogP contribution in [0.2, 0.25) is 0 Å². The van der Waals surface area contributed by atoms with E-state index < -0.39 is 0 Å². The third-order valence-corrected chi connectivity index (χ3v) is 3.60. The summed E-state index contributed by atoms with van der Waals surface area (Å²) >= 11 is 0. The minimum Gasteiger partial charge on any atom is -0.488 e. The summed E-state index contributed by atoms with van der Waals surface area (Å²) in [7, 11) is 0. The molecule has 1 fully saturated rings. The molecule has 0 N–H and O–H groups in total. The van der Waals surface area contributed by atoms with Gasteiger partial charge in [0.25, 0.3) is 0 Å². The fraction of sp³-hybridized carbons (Fsp3) is 0.333. The Balaban J connectivity index is 1.76. The second-order valence-electron chi connectivity index (χ2n) is 5.33. The van der Waals surface area contributed by atoms with Gasteiger partial charge in [-0.25, -0.2) is 0 Å². The lowest BCUT2D eigenvalue weighted by Crippen LogP contribution is -2.03.